The first-order chi connectivity index (χ1) is 7.63. The highest BCUT2D eigenvalue weighted by Gasteiger charge is 2.47. The zero-order valence-electron chi connectivity index (χ0n) is 9.21. The van der Waals surface area contributed by atoms with E-state index in [2.05, 4.69) is 4.99 Å². The van der Waals surface area contributed by atoms with Crippen molar-refractivity contribution in [1.29, 1.82) is 0 Å². The molecule has 0 heterocycles. The molecule has 0 aromatic heterocycles. The van der Waals surface area contributed by atoms with Crippen LogP contribution in [0, 0.1) is 12.7 Å². The molecule has 1 aromatic rings. The molecule has 0 atom stereocenters. The van der Waals surface area contributed by atoms with Gasteiger partial charge in [0, 0.05) is 5.56 Å². The van der Waals surface area contributed by atoms with E-state index >= 15 is 0 Å². The number of halogens is 1. The third kappa shape index (κ3) is 1.61. The fourth-order valence-electron chi connectivity index (χ4n) is 1.84. The van der Waals surface area contributed by atoms with Crippen LogP contribution < -0.4 is 4.74 Å². The summed E-state index contributed by atoms with van der Waals surface area (Å²) in [5, 5.41) is 0. The maximum absolute atomic E-state index is 13.9. The number of methoxy groups -OCH3 is 1. The fourth-order valence-corrected chi connectivity index (χ4v) is 1.84. The van der Waals surface area contributed by atoms with Crippen LogP contribution in [0.1, 0.15) is 24.0 Å². The molecule has 1 saturated carbocycles. The molecule has 16 heavy (non-hydrogen) atoms. The van der Waals surface area contributed by atoms with Gasteiger partial charge in [-0.25, -0.2) is 9.18 Å². The van der Waals surface area contributed by atoms with Crippen LogP contribution in [0.5, 0.6) is 5.75 Å². The Hall–Kier alpha value is -1.67. The summed E-state index contributed by atoms with van der Waals surface area (Å²) < 4.78 is 19.0. The van der Waals surface area contributed by atoms with E-state index < -0.39 is 5.54 Å². The number of aryl methyl sites for hydroxylation is 1. The van der Waals surface area contributed by atoms with Crippen LogP contribution in [0.3, 0.4) is 0 Å². The summed E-state index contributed by atoms with van der Waals surface area (Å²) in [6, 6.07) is 3.23. The van der Waals surface area contributed by atoms with Crippen molar-refractivity contribution in [2.24, 2.45) is 4.99 Å². The maximum Gasteiger partial charge on any atom is 0.235 e. The molecule has 84 valence electrons. The molecule has 1 aliphatic carbocycles. The molecule has 0 N–H and O–H groups in total. The van der Waals surface area contributed by atoms with E-state index in [1.807, 2.05) is 0 Å². The Morgan fingerprint density at radius 1 is 1.50 bits per heavy atom. The van der Waals surface area contributed by atoms with Gasteiger partial charge in [-0.1, -0.05) is 0 Å². The standard InChI is InChI=1S/C12H12FNO2/c1-8-5-9(16-2)6-10(11(8)13)12(3-4-12)14-7-15/h5-6H,3-4H2,1-2H3. The molecule has 1 aliphatic rings. The van der Waals surface area contributed by atoms with Crippen molar-refractivity contribution in [3.05, 3.63) is 29.1 Å². The molecular formula is C12H12FNO2. The number of isocyanates is 1. The van der Waals surface area contributed by atoms with Gasteiger partial charge in [0.05, 0.1) is 7.11 Å². The first kappa shape index (κ1) is 10.8. The first-order valence-electron chi connectivity index (χ1n) is 5.06. The lowest BCUT2D eigenvalue weighted by atomic mass is 10.0. The number of hydrogen-bond acceptors (Lipinski definition) is 3. The van der Waals surface area contributed by atoms with E-state index in [4.69, 9.17) is 4.74 Å². The number of carbonyl (C=O) groups excluding carboxylic acids is 1. The Bertz CT molecular complexity index is 474. The number of nitrogens with zero attached hydrogens (tertiary/aromatic N) is 1. The minimum Gasteiger partial charge on any atom is -0.497 e. The lowest BCUT2D eigenvalue weighted by molar-refractivity contribution is 0.411. The van der Waals surface area contributed by atoms with Crippen molar-refractivity contribution in [3.63, 3.8) is 0 Å². The minimum absolute atomic E-state index is 0.308. The van der Waals surface area contributed by atoms with Gasteiger partial charge in [-0.3, -0.25) is 0 Å². The van der Waals surface area contributed by atoms with Crippen LogP contribution in [0.25, 0.3) is 0 Å². The van der Waals surface area contributed by atoms with Crippen LogP contribution in [0.15, 0.2) is 17.1 Å². The van der Waals surface area contributed by atoms with Gasteiger partial charge in [0.1, 0.15) is 17.1 Å². The third-order valence-corrected chi connectivity index (χ3v) is 2.95. The summed E-state index contributed by atoms with van der Waals surface area (Å²) >= 11 is 0. The summed E-state index contributed by atoms with van der Waals surface area (Å²) in [4.78, 5) is 14.1. The Kier molecular flexibility index (Phi) is 2.52. The topological polar surface area (TPSA) is 38.7 Å². The van der Waals surface area contributed by atoms with E-state index in [1.165, 1.54) is 13.2 Å². The molecule has 0 radical (unpaired) electrons. The summed E-state index contributed by atoms with van der Waals surface area (Å²) in [5.74, 6) is 0.276. The van der Waals surface area contributed by atoms with E-state index in [0.29, 0.717) is 29.7 Å². The summed E-state index contributed by atoms with van der Waals surface area (Å²) in [7, 11) is 1.53. The average Bonchev–Trinajstić information content (AvgIpc) is 3.03. The monoisotopic (exact) mass is 221 g/mol. The molecular weight excluding hydrogens is 209 g/mol. The normalized spacial score (nSPS) is 16.4. The van der Waals surface area contributed by atoms with Gasteiger partial charge in [-0.15, -0.1) is 0 Å². The summed E-state index contributed by atoms with van der Waals surface area (Å²) in [6.45, 7) is 1.67. The predicted molar refractivity (Wildman–Crippen MR) is 56.7 cm³/mol. The van der Waals surface area contributed by atoms with Crippen molar-refractivity contribution in [2.75, 3.05) is 7.11 Å². The number of ether oxygens (including phenoxy) is 1. The molecule has 1 fully saturated rings. The van der Waals surface area contributed by atoms with Gasteiger partial charge in [0.25, 0.3) is 0 Å². The second kappa shape index (κ2) is 3.72. The largest absolute Gasteiger partial charge is 0.497 e. The van der Waals surface area contributed by atoms with Crippen LogP contribution >= 0.6 is 0 Å². The molecule has 2 rings (SSSR count). The molecule has 0 aliphatic heterocycles. The molecule has 3 nitrogen and oxygen atoms in total. The summed E-state index contributed by atoms with van der Waals surface area (Å²) in [6.07, 6.45) is 2.89. The molecule has 0 amide bonds. The Labute approximate surface area is 93.0 Å². The van der Waals surface area contributed by atoms with Crippen molar-refractivity contribution >= 4 is 6.08 Å². The van der Waals surface area contributed by atoms with Crippen molar-refractivity contribution in [2.45, 2.75) is 25.3 Å². The van der Waals surface area contributed by atoms with Gasteiger partial charge >= 0.3 is 0 Å². The quantitative estimate of drug-likeness (QED) is 0.581. The van der Waals surface area contributed by atoms with Crippen LogP contribution in [-0.4, -0.2) is 13.2 Å². The number of hydrogen-bond donors (Lipinski definition) is 0. The van der Waals surface area contributed by atoms with E-state index in [-0.39, 0.29) is 5.82 Å². The molecule has 0 bridgehead atoms. The SMILES string of the molecule is COc1cc(C)c(F)c(C2(N=C=O)CC2)c1. The van der Waals surface area contributed by atoms with E-state index in [9.17, 15) is 9.18 Å². The Morgan fingerprint density at radius 3 is 2.69 bits per heavy atom. The van der Waals surface area contributed by atoms with Gasteiger partial charge in [0.2, 0.25) is 6.08 Å². The van der Waals surface area contributed by atoms with Crippen molar-refractivity contribution < 1.29 is 13.9 Å². The lowest BCUT2D eigenvalue weighted by Crippen LogP contribution is -2.07. The van der Waals surface area contributed by atoms with Gasteiger partial charge in [0.15, 0.2) is 0 Å². The van der Waals surface area contributed by atoms with Gasteiger partial charge < -0.3 is 4.74 Å². The Morgan fingerprint density at radius 2 is 2.19 bits per heavy atom. The smallest absolute Gasteiger partial charge is 0.235 e. The second-order valence-electron chi connectivity index (χ2n) is 4.04. The lowest BCUT2D eigenvalue weighted by Gasteiger charge is -2.13. The zero-order valence-corrected chi connectivity index (χ0v) is 9.21. The highest BCUT2D eigenvalue weighted by Crippen LogP contribution is 2.51. The number of rotatable bonds is 3. The first-order valence-corrected chi connectivity index (χ1v) is 5.06. The zero-order chi connectivity index (χ0) is 11.8. The second-order valence-corrected chi connectivity index (χ2v) is 4.04. The highest BCUT2D eigenvalue weighted by atomic mass is 19.1. The fraction of sp³-hybridized carbons (Fsp3) is 0.417. The third-order valence-electron chi connectivity index (χ3n) is 2.95. The molecule has 0 unspecified atom stereocenters. The van der Waals surface area contributed by atoms with Crippen molar-refractivity contribution in [3.8, 4) is 5.75 Å². The molecule has 1 aromatic carbocycles. The highest BCUT2D eigenvalue weighted by molar-refractivity contribution is 5.46. The van der Waals surface area contributed by atoms with Gasteiger partial charge in [-0.05, 0) is 37.5 Å². The Balaban J connectivity index is 2.55. The van der Waals surface area contributed by atoms with Crippen LogP contribution in [-0.2, 0) is 10.3 Å². The summed E-state index contributed by atoms with van der Waals surface area (Å²) in [5.41, 5.74) is 0.250. The average molecular weight is 221 g/mol. The number of aliphatic imine (C=N–C) groups is 1. The predicted octanol–water partition coefficient (Wildman–Crippen LogP) is 2.47. The van der Waals surface area contributed by atoms with Crippen LogP contribution in [0.2, 0.25) is 0 Å². The maximum atomic E-state index is 13.9. The molecule has 4 heteroatoms. The van der Waals surface area contributed by atoms with Crippen LogP contribution in [0.4, 0.5) is 4.39 Å². The minimum atomic E-state index is -0.689. The molecule has 0 saturated heterocycles. The van der Waals surface area contributed by atoms with E-state index in [0.717, 1.165) is 0 Å². The van der Waals surface area contributed by atoms with Crippen molar-refractivity contribution in [1.82, 2.24) is 0 Å². The number of benzene rings is 1. The van der Waals surface area contributed by atoms with E-state index in [1.54, 1.807) is 19.1 Å². The molecule has 0 spiro atoms. The van der Waals surface area contributed by atoms with Gasteiger partial charge in [-0.2, -0.15) is 4.99 Å².